The summed E-state index contributed by atoms with van der Waals surface area (Å²) >= 11 is 5.95. The average molecular weight is 434 g/mol. The molecule has 0 spiro atoms. The van der Waals surface area contributed by atoms with Crippen molar-refractivity contribution in [1.82, 2.24) is 9.88 Å². The standard InChI is InChI=1S/C24H20ClN3O3/c1-2-16-7-11-19(12-8-16)28-23(30)21(22(29)26-24(28)31)14-20-4-3-13-27(20)15-17-5-9-18(25)10-6-17/h3-14H,2,15H2,1H3,(H,26,29,31)/b21-14+. The monoisotopic (exact) mass is 433 g/mol. The number of urea groups is 1. The Bertz CT molecular complexity index is 1180. The summed E-state index contributed by atoms with van der Waals surface area (Å²) in [6.45, 7) is 2.56. The molecule has 2 aromatic carbocycles. The van der Waals surface area contributed by atoms with Gasteiger partial charge >= 0.3 is 6.03 Å². The molecule has 1 N–H and O–H groups in total. The van der Waals surface area contributed by atoms with Gasteiger partial charge in [-0.1, -0.05) is 42.8 Å². The Hall–Kier alpha value is -3.64. The molecular formula is C24H20ClN3O3. The third-order valence-electron chi connectivity index (χ3n) is 5.13. The summed E-state index contributed by atoms with van der Waals surface area (Å²) in [5.41, 5.74) is 3.09. The van der Waals surface area contributed by atoms with Crippen LogP contribution in [0.25, 0.3) is 6.08 Å². The van der Waals surface area contributed by atoms with Crippen LogP contribution in [0.4, 0.5) is 10.5 Å². The van der Waals surface area contributed by atoms with Crippen LogP contribution < -0.4 is 10.2 Å². The van der Waals surface area contributed by atoms with Crippen molar-refractivity contribution in [3.05, 3.63) is 94.3 Å². The van der Waals surface area contributed by atoms with Gasteiger partial charge in [0, 0.05) is 23.5 Å². The molecule has 6 nitrogen and oxygen atoms in total. The number of nitrogens with one attached hydrogen (secondary N) is 1. The predicted molar refractivity (Wildman–Crippen MR) is 120 cm³/mol. The van der Waals surface area contributed by atoms with E-state index in [2.05, 4.69) is 5.32 Å². The number of nitrogens with zero attached hydrogens (tertiary/aromatic N) is 2. The van der Waals surface area contributed by atoms with Crippen LogP contribution in [0.1, 0.15) is 23.7 Å². The van der Waals surface area contributed by atoms with Gasteiger partial charge in [0.1, 0.15) is 5.57 Å². The number of rotatable bonds is 5. The Morgan fingerprint density at radius 2 is 1.61 bits per heavy atom. The second kappa shape index (κ2) is 8.62. The Balaban J connectivity index is 1.64. The molecule has 0 radical (unpaired) electrons. The number of anilines is 1. The Morgan fingerprint density at radius 1 is 0.935 bits per heavy atom. The van der Waals surface area contributed by atoms with Gasteiger partial charge in [0.15, 0.2) is 0 Å². The molecule has 0 saturated carbocycles. The van der Waals surface area contributed by atoms with Crippen LogP contribution in [0.15, 0.2) is 72.4 Å². The van der Waals surface area contributed by atoms with E-state index in [9.17, 15) is 14.4 Å². The Kier molecular flexibility index (Phi) is 5.73. The summed E-state index contributed by atoms with van der Waals surface area (Å²) in [5.74, 6) is -1.37. The van der Waals surface area contributed by atoms with Crippen molar-refractivity contribution in [3.8, 4) is 0 Å². The topological polar surface area (TPSA) is 71.4 Å². The van der Waals surface area contributed by atoms with Crippen LogP contribution in [0, 0.1) is 0 Å². The second-order valence-electron chi connectivity index (χ2n) is 7.17. The van der Waals surface area contributed by atoms with Crippen molar-refractivity contribution in [3.63, 3.8) is 0 Å². The van der Waals surface area contributed by atoms with Crippen LogP contribution in [0.2, 0.25) is 5.02 Å². The largest absolute Gasteiger partial charge is 0.344 e. The molecule has 156 valence electrons. The van der Waals surface area contributed by atoms with E-state index in [0.29, 0.717) is 22.9 Å². The number of halogens is 1. The molecule has 1 aromatic heterocycles. The van der Waals surface area contributed by atoms with Gasteiger partial charge in [-0.3, -0.25) is 14.9 Å². The minimum Gasteiger partial charge on any atom is -0.344 e. The van der Waals surface area contributed by atoms with Gasteiger partial charge in [-0.25, -0.2) is 9.69 Å². The highest BCUT2D eigenvalue weighted by molar-refractivity contribution is 6.39. The molecule has 1 fully saturated rings. The van der Waals surface area contributed by atoms with E-state index >= 15 is 0 Å². The molecule has 0 atom stereocenters. The number of carbonyl (C=O) groups is 3. The zero-order chi connectivity index (χ0) is 22.0. The molecule has 31 heavy (non-hydrogen) atoms. The lowest BCUT2D eigenvalue weighted by atomic mass is 10.1. The van der Waals surface area contributed by atoms with Gasteiger partial charge in [0.2, 0.25) is 0 Å². The molecule has 3 aromatic rings. The summed E-state index contributed by atoms with van der Waals surface area (Å²) in [4.78, 5) is 38.9. The molecule has 1 saturated heterocycles. The molecule has 1 aliphatic heterocycles. The lowest BCUT2D eigenvalue weighted by Crippen LogP contribution is -2.54. The van der Waals surface area contributed by atoms with Crippen molar-refractivity contribution in [2.24, 2.45) is 0 Å². The SMILES string of the molecule is CCc1ccc(N2C(=O)NC(=O)/C(=C\c3cccn3Cc3ccc(Cl)cc3)C2=O)cc1. The molecule has 4 rings (SSSR count). The fourth-order valence-electron chi connectivity index (χ4n) is 3.41. The van der Waals surface area contributed by atoms with Crippen molar-refractivity contribution in [2.45, 2.75) is 19.9 Å². The second-order valence-corrected chi connectivity index (χ2v) is 7.60. The van der Waals surface area contributed by atoms with Crippen LogP contribution in [-0.2, 0) is 22.6 Å². The van der Waals surface area contributed by atoms with Gasteiger partial charge in [0.25, 0.3) is 11.8 Å². The molecular weight excluding hydrogens is 414 g/mol. The van der Waals surface area contributed by atoms with E-state index in [1.54, 1.807) is 18.2 Å². The highest BCUT2D eigenvalue weighted by Gasteiger charge is 2.36. The van der Waals surface area contributed by atoms with E-state index in [0.717, 1.165) is 22.4 Å². The lowest BCUT2D eigenvalue weighted by Gasteiger charge is -2.26. The van der Waals surface area contributed by atoms with E-state index < -0.39 is 17.8 Å². The molecule has 0 unspecified atom stereocenters. The maximum atomic E-state index is 13.1. The number of aryl methyl sites for hydroxylation is 1. The maximum absolute atomic E-state index is 13.1. The van der Waals surface area contributed by atoms with Gasteiger partial charge in [-0.05, 0) is 60.0 Å². The normalized spacial score (nSPS) is 15.5. The summed E-state index contributed by atoms with van der Waals surface area (Å²) in [6.07, 6.45) is 4.21. The first kappa shape index (κ1) is 20.6. The minimum atomic E-state index is -0.757. The fraction of sp³-hybridized carbons (Fsp3) is 0.125. The number of benzene rings is 2. The number of hydrogen-bond donors (Lipinski definition) is 1. The Labute approximate surface area is 184 Å². The smallest absolute Gasteiger partial charge is 0.335 e. The molecule has 4 amide bonds. The number of imide groups is 2. The highest BCUT2D eigenvalue weighted by Crippen LogP contribution is 2.23. The van der Waals surface area contributed by atoms with Gasteiger partial charge in [-0.2, -0.15) is 0 Å². The highest BCUT2D eigenvalue weighted by atomic mass is 35.5. The minimum absolute atomic E-state index is 0.102. The van der Waals surface area contributed by atoms with Gasteiger partial charge in [0.05, 0.1) is 5.69 Å². The van der Waals surface area contributed by atoms with E-state index in [1.807, 2.05) is 60.2 Å². The zero-order valence-corrected chi connectivity index (χ0v) is 17.6. The third kappa shape index (κ3) is 4.29. The van der Waals surface area contributed by atoms with Gasteiger partial charge in [-0.15, -0.1) is 0 Å². The van der Waals surface area contributed by atoms with Crippen LogP contribution in [-0.4, -0.2) is 22.4 Å². The van der Waals surface area contributed by atoms with Crippen molar-refractivity contribution < 1.29 is 14.4 Å². The van der Waals surface area contributed by atoms with Crippen molar-refractivity contribution in [2.75, 3.05) is 4.90 Å². The van der Waals surface area contributed by atoms with E-state index in [4.69, 9.17) is 11.6 Å². The molecule has 2 heterocycles. The summed E-state index contributed by atoms with van der Waals surface area (Å²) in [6, 6.07) is 17.4. The first-order chi connectivity index (χ1) is 15.0. The molecule has 0 bridgehead atoms. The van der Waals surface area contributed by atoms with Gasteiger partial charge < -0.3 is 4.57 Å². The van der Waals surface area contributed by atoms with Crippen molar-refractivity contribution >= 4 is 41.2 Å². The van der Waals surface area contributed by atoms with Crippen LogP contribution in [0.5, 0.6) is 0 Å². The molecule has 0 aliphatic carbocycles. The first-order valence-electron chi connectivity index (χ1n) is 9.86. The maximum Gasteiger partial charge on any atom is 0.335 e. The van der Waals surface area contributed by atoms with Crippen LogP contribution in [0.3, 0.4) is 0 Å². The van der Waals surface area contributed by atoms with Crippen molar-refractivity contribution in [1.29, 1.82) is 0 Å². The summed E-state index contributed by atoms with van der Waals surface area (Å²) in [7, 11) is 0. The van der Waals surface area contributed by atoms with E-state index in [-0.39, 0.29) is 5.57 Å². The van der Waals surface area contributed by atoms with Crippen LogP contribution >= 0.6 is 11.6 Å². The number of barbiturate groups is 1. The quantitative estimate of drug-likeness (QED) is 0.478. The average Bonchev–Trinajstić information content (AvgIpc) is 3.19. The number of hydrogen-bond acceptors (Lipinski definition) is 3. The predicted octanol–water partition coefficient (Wildman–Crippen LogP) is 4.42. The number of aromatic nitrogens is 1. The molecule has 7 heteroatoms. The number of amides is 4. The lowest BCUT2D eigenvalue weighted by molar-refractivity contribution is -0.122. The van der Waals surface area contributed by atoms with E-state index in [1.165, 1.54) is 6.08 Å². The Morgan fingerprint density at radius 3 is 2.29 bits per heavy atom. The first-order valence-corrected chi connectivity index (χ1v) is 10.2. The summed E-state index contributed by atoms with van der Waals surface area (Å²) < 4.78 is 1.91. The fourth-order valence-corrected chi connectivity index (χ4v) is 3.54. The summed E-state index contributed by atoms with van der Waals surface area (Å²) in [5, 5.41) is 2.91. The molecule has 1 aliphatic rings. The zero-order valence-electron chi connectivity index (χ0n) is 16.8. The number of carbonyl (C=O) groups excluding carboxylic acids is 3. The third-order valence-corrected chi connectivity index (χ3v) is 5.38.